The predicted octanol–water partition coefficient (Wildman–Crippen LogP) is 5.87. The summed E-state index contributed by atoms with van der Waals surface area (Å²) in [6.07, 6.45) is 2.52. The van der Waals surface area contributed by atoms with E-state index in [1.807, 2.05) is 37.3 Å². The van der Waals surface area contributed by atoms with Crippen LogP contribution in [0.2, 0.25) is 5.02 Å². The van der Waals surface area contributed by atoms with Crippen molar-refractivity contribution in [2.75, 3.05) is 13.1 Å². The fraction of sp³-hybridized carbons (Fsp3) is 0.269. The zero-order chi connectivity index (χ0) is 24.9. The van der Waals surface area contributed by atoms with Gasteiger partial charge in [-0.3, -0.25) is 0 Å². The summed E-state index contributed by atoms with van der Waals surface area (Å²) < 4.78 is 49.6. The molecule has 0 fully saturated rings. The fourth-order valence-electron chi connectivity index (χ4n) is 4.95. The van der Waals surface area contributed by atoms with Gasteiger partial charge in [0.2, 0.25) is 10.0 Å². The van der Waals surface area contributed by atoms with Crippen LogP contribution in [0, 0.1) is 26.6 Å². The first-order chi connectivity index (χ1) is 16.7. The molecule has 0 bridgehead atoms. The number of benzene rings is 2. The smallest absolute Gasteiger partial charge is 0.248 e. The minimum absolute atomic E-state index is 0.142. The second-order valence-corrected chi connectivity index (χ2v) is 11.0. The van der Waals surface area contributed by atoms with E-state index in [-0.39, 0.29) is 17.3 Å². The van der Waals surface area contributed by atoms with Crippen molar-refractivity contribution in [3.05, 3.63) is 87.7 Å². The molecule has 0 aliphatic carbocycles. The highest BCUT2D eigenvalue weighted by molar-refractivity contribution is 7.89. The Morgan fingerprint density at radius 3 is 2.54 bits per heavy atom. The summed E-state index contributed by atoms with van der Waals surface area (Å²) in [7, 11) is -3.71. The second kappa shape index (κ2) is 8.93. The van der Waals surface area contributed by atoms with Crippen molar-refractivity contribution < 1.29 is 17.3 Å². The molecule has 4 aromatic rings. The number of hydrogen-bond donors (Lipinski definition) is 0. The molecule has 2 aromatic heterocycles. The monoisotopic (exact) mass is 513 g/mol. The molecule has 0 amide bonds. The highest BCUT2D eigenvalue weighted by Gasteiger charge is 2.32. The molecule has 0 unspecified atom stereocenters. The van der Waals surface area contributed by atoms with E-state index < -0.39 is 10.0 Å². The standard InChI is InChI=1S/C26H25ClFN3O3S/c1-16-26(18(3)34-29-16)35(32,33)30-13-11-19(12-14-30)25-17(2)31(24-10-5-4-7-20(24)25)15-21-22(27)8-6-9-23(21)28/h4-11H,12-15H2,1-3H3. The molecule has 3 heterocycles. The van der Waals surface area contributed by atoms with Crippen molar-refractivity contribution >= 4 is 38.1 Å². The Kier molecular flexibility index (Phi) is 6.07. The van der Waals surface area contributed by atoms with Crippen LogP contribution in [0.5, 0.6) is 0 Å². The molecular weight excluding hydrogens is 489 g/mol. The first-order valence-corrected chi connectivity index (χ1v) is 13.1. The van der Waals surface area contributed by atoms with Gasteiger partial charge in [-0.05, 0) is 51.0 Å². The van der Waals surface area contributed by atoms with Crippen molar-refractivity contribution in [1.29, 1.82) is 0 Å². The largest absolute Gasteiger partial charge is 0.360 e. The highest BCUT2D eigenvalue weighted by atomic mass is 35.5. The molecule has 0 spiro atoms. The predicted molar refractivity (Wildman–Crippen MR) is 135 cm³/mol. The number of nitrogens with zero attached hydrogens (tertiary/aromatic N) is 3. The Morgan fingerprint density at radius 1 is 1.11 bits per heavy atom. The molecule has 35 heavy (non-hydrogen) atoms. The average molecular weight is 514 g/mol. The SMILES string of the molecule is Cc1noc(C)c1S(=O)(=O)N1CC=C(c2c(C)n(Cc3c(F)cccc3Cl)c3ccccc23)CC1. The third-order valence-corrected chi connectivity index (χ3v) is 9.13. The Balaban J connectivity index is 1.53. The third-order valence-electron chi connectivity index (χ3n) is 6.67. The highest BCUT2D eigenvalue weighted by Crippen LogP contribution is 2.37. The molecule has 1 aliphatic heterocycles. The number of aromatic nitrogens is 2. The van der Waals surface area contributed by atoms with Crippen LogP contribution in [0.25, 0.3) is 16.5 Å². The summed E-state index contributed by atoms with van der Waals surface area (Å²) in [5, 5.41) is 5.24. The lowest BCUT2D eigenvalue weighted by Crippen LogP contribution is -2.35. The van der Waals surface area contributed by atoms with Gasteiger partial charge in [-0.2, -0.15) is 4.31 Å². The number of halogens is 2. The van der Waals surface area contributed by atoms with Gasteiger partial charge in [-0.1, -0.05) is 47.1 Å². The van der Waals surface area contributed by atoms with Gasteiger partial charge >= 0.3 is 0 Å². The fourth-order valence-corrected chi connectivity index (χ4v) is 6.84. The lowest BCUT2D eigenvalue weighted by Gasteiger charge is -2.26. The molecule has 6 nitrogen and oxygen atoms in total. The molecule has 5 rings (SSSR count). The van der Waals surface area contributed by atoms with Gasteiger partial charge in [0.05, 0.1) is 6.54 Å². The average Bonchev–Trinajstić information content (AvgIpc) is 3.32. The van der Waals surface area contributed by atoms with Crippen LogP contribution in [0.1, 0.15) is 34.7 Å². The lowest BCUT2D eigenvalue weighted by molar-refractivity contribution is 0.389. The third kappa shape index (κ3) is 3.99. The minimum Gasteiger partial charge on any atom is -0.360 e. The Morgan fingerprint density at radius 2 is 1.89 bits per heavy atom. The quantitative estimate of drug-likeness (QED) is 0.334. The van der Waals surface area contributed by atoms with Gasteiger partial charge in [-0.15, -0.1) is 0 Å². The summed E-state index contributed by atoms with van der Waals surface area (Å²) in [6, 6.07) is 12.7. The minimum atomic E-state index is -3.71. The zero-order valence-electron chi connectivity index (χ0n) is 19.7. The van der Waals surface area contributed by atoms with Gasteiger partial charge in [-0.25, -0.2) is 12.8 Å². The van der Waals surface area contributed by atoms with Crippen LogP contribution in [-0.2, 0) is 16.6 Å². The Bertz CT molecular complexity index is 1550. The number of aryl methyl sites for hydroxylation is 2. The molecule has 1 aliphatic rings. The number of para-hydroxylation sites is 1. The van der Waals surface area contributed by atoms with Gasteiger partial charge < -0.3 is 9.09 Å². The van der Waals surface area contributed by atoms with E-state index in [1.54, 1.807) is 26.0 Å². The molecule has 9 heteroatoms. The van der Waals surface area contributed by atoms with Crippen molar-refractivity contribution in [2.45, 2.75) is 38.6 Å². The van der Waals surface area contributed by atoms with Crippen molar-refractivity contribution in [2.24, 2.45) is 0 Å². The Hall–Kier alpha value is -2.94. The summed E-state index contributed by atoms with van der Waals surface area (Å²) in [4.78, 5) is 0.142. The lowest BCUT2D eigenvalue weighted by atomic mass is 9.97. The summed E-state index contributed by atoms with van der Waals surface area (Å²) in [5.74, 6) is -0.0451. The van der Waals surface area contributed by atoms with Crippen LogP contribution in [0.15, 0.2) is 58.0 Å². The summed E-state index contributed by atoms with van der Waals surface area (Å²) in [6.45, 7) is 6.15. The van der Waals surface area contributed by atoms with Gasteiger partial charge in [0.25, 0.3) is 0 Å². The number of fused-ring (bicyclic) bond motifs is 1. The second-order valence-electron chi connectivity index (χ2n) is 8.76. The van der Waals surface area contributed by atoms with E-state index in [2.05, 4.69) is 9.72 Å². The first kappa shape index (κ1) is 23.8. The Labute approximate surface area is 208 Å². The maximum atomic E-state index is 14.6. The van der Waals surface area contributed by atoms with Crippen LogP contribution in [-0.4, -0.2) is 35.5 Å². The molecule has 0 N–H and O–H groups in total. The van der Waals surface area contributed by atoms with Crippen LogP contribution < -0.4 is 0 Å². The molecular formula is C26H25ClFN3O3S. The topological polar surface area (TPSA) is 68.3 Å². The first-order valence-electron chi connectivity index (χ1n) is 11.3. The van der Waals surface area contributed by atoms with Gasteiger partial charge in [0, 0.05) is 45.8 Å². The van der Waals surface area contributed by atoms with Crippen LogP contribution in [0.3, 0.4) is 0 Å². The zero-order valence-corrected chi connectivity index (χ0v) is 21.3. The van der Waals surface area contributed by atoms with E-state index in [9.17, 15) is 12.8 Å². The normalized spacial score (nSPS) is 15.1. The van der Waals surface area contributed by atoms with Crippen LogP contribution in [0.4, 0.5) is 4.39 Å². The van der Waals surface area contributed by atoms with E-state index in [4.69, 9.17) is 16.1 Å². The van der Waals surface area contributed by atoms with E-state index in [0.717, 1.165) is 27.7 Å². The number of hydrogen-bond acceptors (Lipinski definition) is 4. The number of rotatable bonds is 5. The van der Waals surface area contributed by atoms with E-state index in [1.165, 1.54) is 10.4 Å². The maximum Gasteiger partial charge on any atom is 0.248 e. The maximum absolute atomic E-state index is 14.6. The molecule has 0 radical (unpaired) electrons. The van der Waals surface area contributed by atoms with E-state index in [0.29, 0.717) is 41.6 Å². The molecule has 0 atom stereocenters. The van der Waals surface area contributed by atoms with Crippen LogP contribution >= 0.6 is 11.6 Å². The van der Waals surface area contributed by atoms with Crippen molar-refractivity contribution in [3.8, 4) is 0 Å². The van der Waals surface area contributed by atoms with Crippen molar-refractivity contribution in [1.82, 2.24) is 14.0 Å². The number of sulfonamides is 1. The summed E-state index contributed by atoms with van der Waals surface area (Å²) in [5.41, 5.74) is 4.90. The van der Waals surface area contributed by atoms with Gasteiger partial charge in [0.15, 0.2) is 5.76 Å². The van der Waals surface area contributed by atoms with Gasteiger partial charge in [0.1, 0.15) is 16.4 Å². The molecule has 0 saturated heterocycles. The molecule has 182 valence electrons. The molecule has 2 aromatic carbocycles. The van der Waals surface area contributed by atoms with Crippen molar-refractivity contribution in [3.63, 3.8) is 0 Å². The van der Waals surface area contributed by atoms with E-state index >= 15 is 0 Å². The molecule has 0 saturated carbocycles. The summed E-state index contributed by atoms with van der Waals surface area (Å²) >= 11 is 6.32.